The Hall–Kier alpha value is -2.70. The highest BCUT2D eigenvalue weighted by Gasteiger charge is 2.21. The number of halogens is 3. The standard InChI is InChI=1S/C21H25F2N5O3.HI/c1-24-21(25-13-15-4-2-6-18(12-15)28(29)30)26-16-5-3-11-27(14-16)17-7-9-19(10-8-17)31-20(22)23;/h2,4,6-10,12,16,20H,3,5,11,13-14H2,1H3,(H2,24,25,26);1H. The third-order valence-corrected chi connectivity index (χ3v) is 4.99. The number of benzene rings is 2. The normalized spacial score (nSPS) is 16.3. The van der Waals surface area contributed by atoms with Crippen LogP contribution < -0.4 is 20.3 Å². The first-order valence-electron chi connectivity index (χ1n) is 9.95. The number of guanidine groups is 1. The van der Waals surface area contributed by atoms with E-state index in [1.165, 1.54) is 24.3 Å². The van der Waals surface area contributed by atoms with E-state index in [1.807, 2.05) is 6.07 Å². The number of alkyl halides is 2. The van der Waals surface area contributed by atoms with Crippen molar-refractivity contribution in [1.29, 1.82) is 0 Å². The summed E-state index contributed by atoms with van der Waals surface area (Å²) < 4.78 is 29.0. The van der Waals surface area contributed by atoms with Crippen molar-refractivity contribution >= 4 is 41.3 Å². The van der Waals surface area contributed by atoms with Crippen LogP contribution >= 0.6 is 24.0 Å². The second-order valence-electron chi connectivity index (χ2n) is 7.15. The van der Waals surface area contributed by atoms with Crippen molar-refractivity contribution < 1.29 is 18.4 Å². The number of nitrogens with one attached hydrogen (secondary N) is 2. The van der Waals surface area contributed by atoms with Crippen LogP contribution in [0.4, 0.5) is 20.2 Å². The van der Waals surface area contributed by atoms with Crippen LogP contribution in [0.15, 0.2) is 53.5 Å². The molecular formula is C21H26F2IN5O3. The molecule has 0 amide bonds. The second-order valence-corrected chi connectivity index (χ2v) is 7.15. The van der Waals surface area contributed by atoms with Gasteiger partial charge in [-0.15, -0.1) is 24.0 Å². The average Bonchev–Trinajstić information content (AvgIpc) is 2.77. The molecule has 3 rings (SSSR count). The van der Waals surface area contributed by atoms with Crippen LogP contribution in [-0.2, 0) is 6.54 Å². The Labute approximate surface area is 202 Å². The predicted octanol–water partition coefficient (Wildman–Crippen LogP) is 4.15. The van der Waals surface area contributed by atoms with E-state index in [4.69, 9.17) is 0 Å². The molecule has 8 nitrogen and oxygen atoms in total. The topological polar surface area (TPSA) is 92.0 Å². The highest BCUT2D eigenvalue weighted by atomic mass is 127. The molecule has 174 valence electrons. The molecular weight excluding hydrogens is 535 g/mol. The van der Waals surface area contributed by atoms with Crippen LogP contribution in [-0.4, -0.2) is 43.7 Å². The lowest BCUT2D eigenvalue weighted by Crippen LogP contribution is -2.51. The smallest absolute Gasteiger partial charge is 0.387 e. The van der Waals surface area contributed by atoms with Gasteiger partial charge < -0.3 is 20.3 Å². The van der Waals surface area contributed by atoms with Gasteiger partial charge in [0.05, 0.1) is 4.92 Å². The summed E-state index contributed by atoms with van der Waals surface area (Å²) in [5, 5.41) is 17.5. The molecule has 1 aliphatic rings. The van der Waals surface area contributed by atoms with Gasteiger partial charge in [0.2, 0.25) is 0 Å². The van der Waals surface area contributed by atoms with Gasteiger partial charge in [0.25, 0.3) is 5.69 Å². The fourth-order valence-electron chi connectivity index (χ4n) is 3.52. The zero-order chi connectivity index (χ0) is 22.2. The van der Waals surface area contributed by atoms with Crippen LogP contribution in [0.2, 0.25) is 0 Å². The van der Waals surface area contributed by atoms with Gasteiger partial charge in [-0.25, -0.2) is 0 Å². The lowest BCUT2D eigenvalue weighted by molar-refractivity contribution is -0.384. The summed E-state index contributed by atoms with van der Waals surface area (Å²) in [5.41, 5.74) is 1.77. The molecule has 1 saturated heterocycles. The molecule has 32 heavy (non-hydrogen) atoms. The Morgan fingerprint density at radius 2 is 2.06 bits per heavy atom. The summed E-state index contributed by atoms with van der Waals surface area (Å²) >= 11 is 0. The number of nitro groups is 1. The maximum Gasteiger partial charge on any atom is 0.387 e. The van der Waals surface area contributed by atoms with E-state index in [9.17, 15) is 18.9 Å². The van der Waals surface area contributed by atoms with Crippen LogP contribution in [0.1, 0.15) is 18.4 Å². The number of aliphatic imine (C=N–C) groups is 1. The van der Waals surface area contributed by atoms with E-state index >= 15 is 0 Å². The van der Waals surface area contributed by atoms with Gasteiger partial charge in [-0.2, -0.15) is 8.78 Å². The molecule has 0 aliphatic carbocycles. The number of nitro benzene ring substituents is 1. The first kappa shape index (κ1) is 25.6. The highest BCUT2D eigenvalue weighted by Crippen LogP contribution is 2.24. The van der Waals surface area contributed by atoms with E-state index in [0.29, 0.717) is 12.5 Å². The minimum atomic E-state index is -2.84. The lowest BCUT2D eigenvalue weighted by Gasteiger charge is -2.35. The number of hydrogen-bond donors (Lipinski definition) is 2. The number of hydrogen-bond acceptors (Lipinski definition) is 5. The molecule has 2 N–H and O–H groups in total. The molecule has 0 bridgehead atoms. The molecule has 1 unspecified atom stereocenters. The Kier molecular flexibility index (Phi) is 9.88. The van der Waals surface area contributed by atoms with E-state index in [1.54, 1.807) is 25.2 Å². The second kappa shape index (κ2) is 12.4. The largest absolute Gasteiger partial charge is 0.435 e. The molecule has 1 atom stereocenters. The number of piperidine rings is 1. The van der Waals surface area contributed by atoms with E-state index < -0.39 is 11.5 Å². The zero-order valence-corrected chi connectivity index (χ0v) is 19.9. The quantitative estimate of drug-likeness (QED) is 0.174. The van der Waals surface area contributed by atoms with Gasteiger partial charge in [-0.1, -0.05) is 12.1 Å². The van der Waals surface area contributed by atoms with Crippen molar-refractivity contribution in [2.45, 2.75) is 32.0 Å². The Balaban J connectivity index is 0.00000363. The summed E-state index contributed by atoms with van der Waals surface area (Å²) in [6.07, 6.45) is 1.93. The first-order chi connectivity index (χ1) is 14.9. The van der Waals surface area contributed by atoms with Gasteiger partial charge in [0.15, 0.2) is 5.96 Å². The molecule has 0 radical (unpaired) electrons. The van der Waals surface area contributed by atoms with Gasteiger partial charge in [0, 0.05) is 50.5 Å². The molecule has 2 aromatic rings. The summed E-state index contributed by atoms with van der Waals surface area (Å²) in [4.78, 5) is 16.9. The maximum atomic E-state index is 12.3. The number of nitrogens with zero attached hydrogens (tertiary/aromatic N) is 3. The number of rotatable bonds is 7. The number of anilines is 1. The van der Waals surface area contributed by atoms with Crippen molar-refractivity contribution in [2.75, 3.05) is 25.0 Å². The minimum Gasteiger partial charge on any atom is -0.435 e. The minimum absolute atomic E-state index is 0. The molecule has 11 heteroatoms. The van der Waals surface area contributed by atoms with Gasteiger partial charge >= 0.3 is 6.61 Å². The first-order valence-corrected chi connectivity index (χ1v) is 9.95. The Morgan fingerprint density at radius 1 is 1.31 bits per heavy atom. The molecule has 1 heterocycles. The summed E-state index contributed by atoms with van der Waals surface area (Å²) in [5.74, 6) is 0.746. The molecule has 1 aliphatic heterocycles. The summed E-state index contributed by atoms with van der Waals surface area (Å²) in [6, 6.07) is 13.2. The van der Waals surface area contributed by atoms with Crippen molar-refractivity contribution in [3.8, 4) is 5.75 Å². The van der Waals surface area contributed by atoms with Gasteiger partial charge in [-0.3, -0.25) is 15.1 Å². The van der Waals surface area contributed by atoms with Crippen LogP contribution in [0.3, 0.4) is 0 Å². The molecule has 2 aromatic carbocycles. The summed E-state index contributed by atoms with van der Waals surface area (Å²) in [6.45, 7) is -0.834. The van der Waals surface area contributed by atoms with Crippen molar-refractivity contribution in [2.24, 2.45) is 4.99 Å². The van der Waals surface area contributed by atoms with Crippen LogP contribution in [0, 0.1) is 10.1 Å². The van der Waals surface area contributed by atoms with Crippen molar-refractivity contribution in [3.63, 3.8) is 0 Å². The monoisotopic (exact) mass is 561 g/mol. The molecule has 0 aromatic heterocycles. The predicted molar refractivity (Wildman–Crippen MR) is 130 cm³/mol. The third kappa shape index (κ3) is 7.46. The third-order valence-electron chi connectivity index (χ3n) is 4.99. The SMILES string of the molecule is CN=C(NCc1cccc([N+](=O)[O-])c1)NC1CCCN(c2ccc(OC(F)F)cc2)C1.I. The maximum absolute atomic E-state index is 12.3. The Morgan fingerprint density at radius 3 is 2.72 bits per heavy atom. The van der Waals surface area contributed by atoms with E-state index in [2.05, 4.69) is 25.3 Å². The van der Waals surface area contributed by atoms with Gasteiger partial charge in [0.1, 0.15) is 5.75 Å². The van der Waals surface area contributed by atoms with Crippen LogP contribution in [0.5, 0.6) is 5.75 Å². The number of ether oxygens (including phenoxy) is 1. The fraction of sp³-hybridized carbons (Fsp3) is 0.381. The molecule has 1 fully saturated rings. The van der Waals surface area contributed by atoms with Crippen LogP contribution in [0.25, 0.3) is 0 Å². The van der Waals surface area contributed by atoms with Gasteiger partial charge in [-0.05, 0) is 42.7 Å². The zero-order valence-electron chi connectivity index (χ0n) is 17.5. The highest BCUT2D eigenvalue weighted by molar-refractivity contribution is 14.0. The summed E-state index contributed by atoms with van der Waals surface area (Å²) in [7, 11) is 1.67. The molecule has 0 spiro atoms. The average molecular weight is 561 g/mol. The number of non-ortho nitro benzene ring substituents is 1. The van der Waals surface area contributed by atoms with E-state index in [0.717, 1.165) is 37.2 Å². The van der Waals surface area contributed by atoms with E-state index in [-0.39, 0.29) is 41.5 Å². The lowest BCUT2D eigenvalue weighted by atomic mass is 10.0. The fourth-order valence-corrected chi connectivity index (χ4v) is 3.52. The Bertz CT molecular complexity index is 915. The van der Waals surface area contributed by atoms with Crippen molar-refractivity contribution in [1.82, 2.24) is 10.6 Å². The van der Waals surface area contributed by atoms with Crippen molar-refractivity contribution in [3.05, 3.63) is 64.2 Å². The molecule has 0 saturated carbocycles.